The van der Waals surface area contributed by atoms with Crippen molar-refractivity contribution in [1.82, 2.24) is 0 Å². The molecule has 8 aromatic rings. The summed E-state index contributed by atoms with van der Waals surface area (Å²) in [4.78, 5) is 2.72. The number of nitrogens with zero attached hydrogens (tertiary/aromatic N) is 1. The summed E-state index contributed by atoms with van der Waals surface area (Å²) in [5.74, 6) is 0.308. The van der Waals surface area contributed by atoms with E-state index >= 15 is 0 Å². The van der Waals surface area contributed by atoms with Crippen LogP contribution in [-0.2, 0) is 27.1 Å². The first kappa shape index (κ1) is 43.8. The van der Waals surface area contributed by atoms with Gasteiger partial charge in [0.15, 0.2) is 0 Å². The predicted molar refractivity (Wildman–Crippen MR) is 293 cm³/mol. The van der Waals surface area contributed by atoms with Gasteiger partial charge in [-0.25, -0.2) is 0 Å². The van der Waals surface area contributed by atoms with Crippen LogP contribution in [0.2, 0.25) is 0 Å². The standard InChI is InChI=1S/C68H67N/c1-43(2)47-35-36-57-63(67(9,10)40-38-65(57,5)6)61(47)52-41-51-50-25-16-19-28-55(50)68(53-26-17-14-23-48(53)49-24-15-18-27-54(49)68)58(51)42-60(52)69(46-33-31-45(32-34-46)44-21-12-11-13-22-44)59-30-20-29-56-62(59)66(7,8)39-37-64(56,3)4/h11-36,41-43H,37-40H2,1-10H3. The van der Waals surface area contributed by atoms with Gasteiger partial charge < -0.3 is 4.90 Å². The summed E-state index contributed by atoms with van der Waals surface area (Å²) in [6.45, 7) is 24.8. The van der Waals surface area contributed by atoms with Crippen LogP contribution in [-0.4, -0.2) is 0 Å². The van der Waals surface area contributed by atoms with Crippen LogP contribution in [0.25, 0.3) is 44.5 Å². The van der Waals surface area contributed by atoms with Gasteiger partial charge in [0, 0.05) is 11.3 Å². The van der Waals surface area contributed by atoms with Crippen molar-refractivity contribution in [3.05, 3.63) is 220 Å². The van der Waals surface area contributed by atoms with Crippen LogP contribution >= 0.6 is 0 Å². The monoisotopic (exact) mass is 898 g/mol. The summed E-state index contributed by atoms with van der Waals surface area (Å²) < 4.78 is 0. The Labute approximate surface area is 412 Å². The molecular weight excluding hydrogens is 831 g/mol. The normalized spacial score (nSPS) is 17.9. The minimum atomic E-state index is -0.495. The highest BCUT2D eigenvalue weighted by molar-refractivity contribution is 6.01. The van der Waals surface area contributed by atoms with Gasteiger partial charge in [-0.05, 0) is 173 Å². The number of benzene rings is 8. The average molecular weight is 898 g/mol. The van der Waals surface area contributed by atoms with E-state index < -0.39 is 5.41 Å². The van der Waals surface area contributed by atoms with E-state index in [0.29, 0.717) is 5.92 Å². The molecule has 0 fully saturated rings. The summed E-state index contributed by atoms with van der Waals surface area (Å²) >= 11 is 0. The van der Waals surface area contributed by atoms with E-state index in [-0.39, 0.29) is 21.7 Å². The molecular formula is C68H67N. The SMILES string of the molecule is CC(C)c1ccc2c(c1-c1cc3c(cc1N(c1ccc(-c4ccccc4)cc1)c1cccc4c1C(C)(C)CCC4(C)C)C1(c4ccccc4-c4ccccc41)c1ccccc1-3)C(C)(C)CCC2(C)C. The van der Waals surface area contributed by atoms with Gasteiger partial charge in [0.2, 0.25) is 0 Å². The Morgan fingerprint density at radius 2 is 0.841 bits per heavy atom. The van der Waals surface area contributed by atoms with Gasteiger partial charge in [0.1, 0.15) is 0 Å². The molecule has 0 heterocycles. The second-order valence-electron chi connectivity index (χ2n) is 23.9. The van der Waals surface area contributed by atoms with Gasteiger partial charge >= 0.3 is 0 Å². The molecule has 0 aliphatic heterocycles. The molecule has 0 saturated heterocycles. The molecule has 8 aromatic carbocycles. The van der Waals surface area contributed by atoms with Crippen molar-refractivity contribution in [2.45, 2.75) is 128 Å². The smallest absolute Gasteiger partial charge is 0.0726 e. The van der Waals surface area contributed by atoms with E-state index in [4.69, 9.17) is 0 Å². The van der Waals surface area contributed by atoms with Crippen molar-refractivity contribution in [1.29, 1.82) is 0 Å². The van der Waals surface area contributed by atoms with Gasteiger partial charge in [0.05, 0.1) is 16.8 Å². The predicted octanol–water partition coefficient (Wildman–Crippen LogP) is 18.7. The first-order chi connectivity index (χ1) is 33.0. The summed E-state index contributed by atoms with van der Waals surface area (Å²) in [6.07, 6.45) is 4.59. The van der Waals surface area contributed by atoms with Crippen LogP contribution in [0.5, 0.6) is 0 Å². The van der Waals surface area contributed by atoms with Crippen molar-refractivity contribution in [2.75, 3.05) is 4.90 Å². The highest BCUT2D eigenvalue weighted by Crippen LogP contribution is 2.65. The number of fused-ring (bicyclic) bond motifs is 12. The largest absolute Gasteiger partial charge is 0.310 e. The lowest BCUT2D eigenvalue weighted by molar-refractivity contribution is 0.332. The molecule has 0 amide bonds. The lowest BCUT2D eigenvalue weighted by Gasteiger charge is -2.46. The fourth-order valence-corrected chi connectivity index (χ4v) is 13.8. The number of anilines is 3. The average Bonchev–Trinajstić information content (AvgIpc) is 3.81. The second-order valence-corrected chi connectivity index (χ2v) is 23.9. The van der Waals surface area contributed by atoms with E-state index in [1.807, 2.05) is 0 Å². The Morgan fingerprint density at radius 3 is 1.42 bits per heavy atom. The van der Waals surface area contributed by atoms with Crippen LogP contribution in [0.1, 0.15) is 151 Å². The van der Waals surface area contributed by atoms with E-state index in [1.165, 1.54) is 118 Å². The summed E-state index contributed by atoms with van der Waals surface area (Å²) in [7, 11) is 0. The van der Waals surface area contributed by atoms with Crippen molar-refractivity contribution in [3.63, 3.8) is 0 Å². The molecule has 1 nitrogen and oxygen atoms in total. The zero-order valence-electron chi connectivity index (χ0n) is 42.5. The van der Waals surface area contributed by atoms with E-state index in [1.54, 1.807) is 0 Å². The first-order valence-corrected chi connectivity index (χ1v) is 25.8. The lowest BCUT2D eigenvalue weighted by atomic mass is 9.60. The molecule has 344 valence electrons. The number of rotatable bonds is 6. The van der Waals surface area contributed by atoms with Gasteiger partial charge in [-0.15, -0.1) is 0 Å². The maximum Gasteiger partial charge on any atom is 0.0726 e. The molecule has 4 aliphatic rings. The van der Waals surface area contributed by atoms with Gasteiger partial charge in [-0.1, -0.05) is 209 Å². The molecule has 0 N–H and O–H groups in total. The fraction of sp³-hybridized carbons (Fsp3) is 0.294. The van der Waals surface area contributed by atoms with Crippen LogP contribution < -0.4 is 4.90 Å². The van der Waals surface area contributed by atoms with Crippen LogP contribution in [0.4, 0.5) is 17.1 Å². The first-order valence-electron chi connectivity index (χ1n) is 25.8. The van der Waals surface area contributed by atoms with E-state index in [9.17, 15) is 0 Å². The molecule has 0 bridgehead atoms. The third-order valence-corrected chi connectivity index (χ3v) is 17.6. The summed E-state index contributed by atoms with van der Waals surface area (Å²) in [5, 5.41) is 0. The number of hydrogen-bond donors (Lipinski definition) is 0. The molecule has 1 heteroatoms. The Balaban J connectivity index is 1.28. The molecule has 0 unspecified atom stereocenters. The Kier molecular flexibility index (Phi) is 9.70. The molecule has 0 saturated carbocycles. The van der Waals surface area contributed by atoms with E-state index in [2.05, 4.69) is 244 Å². The Bertz CT molecular complexity index is 3310. The van der Waals surface area contributed by atoms with Crippen molar-refractivity contribution in [3.8, 4) is 44.5 Å². The number of hydrogen-bond acceptors (Lipinski definition) is 1. The topological polar surface area (TPSA) is 3.24 Å². The minimum absolute atomic E-state index is 0.0341. The molecule has 69 heavy (non-hydrogen) atoms. The van der Waals surface area contributed by atoms with Crippen LogP contribution in [0.15, 0.2) is 170 Å². The van der Waals surface area contributed by atoms with Crippen LogP contribution in [0, 0.1) is 0 Å². The molecule has 4 aliphatic carbocycles. The van der Waals surface area contributed by atoms with E-state index in [0.717, 1.165) is 19.3 Å². The molecule has 12 rings (SSSR count). The molecule has 1 spiro atoms. The maximum atomic E-state index is 2.72. The third kappa shape index (κ3) is 6.34. The molecule has 0 radical (unpaired) electrons. The summed E-state index contributed by atoms with van der Waals surface area (Å²) in [5.41, 5.74) is 26.6. The Morgan fingerprint density at radius 1 is 0.362 bits per heavy atom. The van der Waals surface area contributed by atoms with Crippen LogP contribution in [0.3, 0.4) is 0 Å². The second kappa shape index (κ2) is 15.3. The minimum Gasteiger partial charge on any atom is -0.310 e. The van der Waals surface area contributed by atoms with Gasteiger partial charge in [-0.3, -0.25) is 0 Å². The highest BCUT2D eigenvalue weighted by Gasteiger charge is 2.53. The van der Waals surface area contributed by atoms with Crippen molar-refractivity contribution < 1.29 is 0 Å². The maximum absolute atomic E-state index is 2.72. The molecule has 0 atom stereocenters. The highest BCUT2D eigenvalue weighted by atomic mass is 15.1. The summed E-state index contributed by atoms with van der Waals surface area (Å²) in [6, 6.07) is 65.9. The van der Waals surface area contributed by atoms with Gasteiger partial charge in [-0.2, -0.15) is 0 Å². The lowest BCUT2D eigenvalue weighted by Crippen LogP contribution is -2.35. The fourth-order valence-electron chi connectivity index (χ4n) is 13.8. The van der Waals surface area contributed by atoms with Crippen molar-refractivity contribution >= 4 is 17.1 Å². The van der Waals surface area contributed by atoms with Crippen molar-refractivity contribution in [2.24, 2.45) is 0 Å². The molecule has 0 aromatic heterocycles. The van der Waals surface area contributed by atoms with Gasteiger partial charge in [0.25, 0.3) is 0 Å². The zero-order valence-corrected chi connectivity index (χ0v) is 42.5. The quantitative estimate of drug-likeness (QED) is 0.161. The Hall–Kier alpha value is -6.44. The zero-order chi connectivity index (χ0) is 47.8. The third-order valence-electron chi connectivity index (χ3n) is 17.6.